The zero-order valence-corrected chi connectivity index (χ0v) is 22.1. The maximum Gasteiger partial charge on any atom is 0.317 e. The Morgan fingerprint density at radius 3 is 1.93 bits per heavy atom. The van der Waals surface area contributed by atoms with E-state index >= 15 is 0 Å². The van der Waals surface area contributed by atoms with Crippen LogP contribution in [0.25, 0.3) is 6.08 Å². The van der Waals surface area contributed by atoms with Gasteiger partial charge in [-0.1, -0.05) is 47.6 Å². The fourth-order valence-corrected chi connectivity index (χ4v) is 4.27. The summed E-state index contributed by atoms with van der Waals surface area (Å²) in [5.41, 5.74) is 0.927. The highest BCUT2D eigenvalue weighted by Gasteiger charge is 2.40. The van der Waals surface area contributed by atoms with E-state index in [0.29, 0.717) is 0 Å². The molecule has 0 spiro atoms. The first kappa shape index (κ1) is 24.2. The van der Waals surface area contributed by atoms with Crippen molar-refractivity contribution in [2.45, 2.75) is 77.8 Å². The van der Waals surface area contributed by atoms with Crippen LogP contribution in [0.1, 0.15) is 47.1 Å². The Balaban J connectivity index is 2.89. The quantitative estimate of drug-likeness (QED) is 0.332. The first-order valence-corrected chi connectivity index (χ1v) is 16.0. The normalized spacial score (nSPS) is 13.7. The van der Waals surface area contributed by atoms with E-state index in [9.17, 15) is 4.79 Å². The number of hydrogen-bond donors (Lipinski definition) is 0. The van der Waals surface area contributed by atoms with Gasteiger partial charge in [-0.3, -0.25) is 0 Å². The van der Waals surface area contributed by atoms with Gasteiger partial charge in [0.15, 0.2) is 0 Å². The summed E-state index contributed by atoms with van der Waals surface area (Å²) in [5.74, 6) is 0.571. The van der Waals surface area contributed by atoms with Crippen molar-refractivity contribution in [2.75, 3.05) is 0 Å². The summed E-state index contributed by atoms with van der Waals surface area (Å²) < 4.78 is 13.0. The highest BCUT2D eigenvalue weighted by Crippen LogP contribution is 2.39. The first-order valence-electron chi connectivity index (χ1n) is 9.36. The van der Waals surface area contributed by atoms with E-state index in [4.69, 9.17) is 8.85 Å². The molecule has 152 valence electrons. The van der Waals surface area contributed by atoms with E-state index in [1.54, 1.807) is 6.08 Å². The van der Waals surface area contributed by atoms with Gasteiger partial charge in [0.1, 0.15) is 5.75 Å². The maximum absolute atomic E-state index is 12.2. The van der Waals surface area contributed by atoms with Crippen molar-refractivity contribution >= 4 is 44.6 Å². The Morgan fingerprint density at radius 1 is 0.963 bits per heavy atom. The van der Waals surface area contributed by atoms with Crippen LogP contribution in [0.2, 0.25) is 36.3 Å². The molecule has 0 N–H and O–H groups in total. The predicted molar refractivity (Wildman–Crippen MR) is 124 cm³/mol. The zero-order chi connectivity index (χ0) is 21.3. The van der Waals surface area contributed by atoms with Gasteiger partial charge >= 0.3 is 5.97 Å². The minimum Gasteiger partial charge on any atom is -0.543 e. The standard InChI is InChI=1S/C21H35BrO3Si2/c1-20(2,3)26(7,8)24-18-13-11-16(15-17(18)22)12-14-19(23)25-27(9,10)21(4,5)6/h11-15H,1-10H3. The first-order chi connectivity index (χ1) is 12.0. The molecule has 0 aliphatic rings. The van der Waals surface area contributed by atoms with Crippen LogP contribution in [0.4, 0.5) is 0 Å². The minimum atomic E-state index is -2.10. The molecule has 1 rings (SSSR count). The molecule has 0 unspecified atom stereocenters. The highest BCUT2D eigenvalue weighted by atomic mass is 79.9. The second-order valence-electron chi connectivity index (χ2n) is 10.1. The van der Waals surface area contributed by atoms with Gasteiger partial charge in [-0.05, 0) is 76.0 Å². The zero-order valence-electron chi connectivity index (χ0n) is 18.5. The summed E-state index contributed by atoms with van der Waals surface area (Å²) >= 11 is 3.60. The van der Waals surface area contributed by atoms with Crippen molar-refractivity contribution in [3.63, 3.8) is 0 Å². The second kappa shape index (κ2) is 8.25. The summed E-state index contributed by atoms with van der Waals surface area (Å²) in [6.45, 7) is 21.6. The molecule has 1 aromatic carbocycles. The van der Waals surface area contributed by atoms with E-state index in [0.717, 1.165) is 15.8 Å². The molecule has 0 fully saturated rings. The lowest BCUT2D eigenvalue weighted by molar-refractivity contribution is -0.129. The summed E-state index contributed by atoms with van der Waals surface area (Å²) in [4.78, 5) is 12.2. The van der Waals surface area contributed by atoms with Crippen molar-refractivity contribution in [1.82, 2.24) is 0 Å². The number of rotatable bonds is 5. The third kappa shape index (κ3) is 6.61. The van der Waals surface area contributed by atoms with E-state index in [2.05, 4.69) is 83.7 Å². The predicted octanol–water partition coefficient (Wildman–Crippen LogP) is 7.39. The Hall–Kier alpha value is -0.856. The average molecular weight is 472 g/mol. The van der Waals surface area contributed by atoms with Crippen molar-refractivity contribution in [3.8, 4) is 5.75 Å². The van der Waals surface area contributed by atoms with Gasteiger partial charge in [-0.15, -0.1) is 0 Å². The molecule has 0 bridgehead atoms. The molecule has 0 atom stereocenters. The van der Waals surface area contributed by atoms with Crippen molar-refractivity contribution in [3.05, 3.63) is 34.3 Å². The summed E-state index contributed by atoms with van der Waals surface area (Å²) in [6, 6.07) is 5.89. The fourth-order valence-electron chi connectivity index (χ4n) is 1.73. The van der Waals surface area contributed by atoms with Crippen LogP contribution in [-0.4, -0.2) is 22.6 Å². The molecule has 0 aliphatic heterocycles. The van der Waals surface area contributed by atoms with E-state index < -0.39 is 16.6 Å². The van der Waals surface area contributed by atoms with Gasteiger partial charge in [0, 0.05) is 6.08 Å². The Morgan fingerprint density at radius 2 is 1.48 bits per heavy atom. The third-order valence-electron chi connectivity index (χ3n) is 5.70. The van der Waals surface area contributed by atoms with Crippen molar-refractivity contribution < 1.29 is 13.6 Å². The van der Waals surface area contributed by atoms with Crippen LogP contribution >= 0.6 is 15.9 Å². The average Bonchev–Trinajstić information content (AvgIpc) is 2.44. The SMILES string of the molecule is CC(C)(C)[Si](C)(C)OC(=O)C=Cc1ccc(O[Si](C)(C)C(C)(C)C)c(Br)c1. The number of halogens is 1. The van der Waals surface area contributed by atoms with Gasteiger partial charge in [-0.2, -0.15) is 0 Å². The minimum absolute atomic E-state index is 0.00224. The van der Waals surface area contributed by atoms with Gasteiger partial charge < -0.3 is 8.85 Å². The largest absolute Gasteiger partial charge is 0.543 e. The molecule has 0 aromatic heterocycles. The number of hydrogen-bond acceptors (Lipinski definition) is 3. The van der Waals surface area contributed by atoms with E-state index in [-0.39, 0.29) is 16.0 Å². The topological polar surface area (TPSA) is 35.5 Å². The molecule has 3 nitrogen and oxygen atoms in total. The fraction of sp³-hybridized carbons (Fsp3) is 0.571. The van der Waals surface area contributed by atoms with Crippen LogP contribution in [0.15, 0.2) is 28.7 Å². The van der Waals surface area contributed by atoms with Crippen LogP contribution in [-0.2, 0) is 9.22 Å². The number of carbonyl (C=O) groups excluding carboxylic acids is 1. The number of carbonyl (C=O) groups is 1. The Bertz CT molecular complexity index is 711. The van der Waals surface area contributed by atoms with Gasteiger partial charge in [0.05, 0.1) is 4.47 Å². The van der Waals surface area contributed by atoms with Gasteiger partial charge in [0.2, 0.25) is 0 Å². The maximum atomic E-state index is 12.2. The molecule has 0 aliphatic carbocycles. The Kier molecular flexibility index (Phi) is 7.39. The summed E-state index contributed by atoms with van der Waals surface area (Å²) in [5, 5.41) is 0.140. The molecule has 1 aromatic rings. The third-order valence-corrected chi connectivity index (χ3v) is 15.0. The monoisotopic (exact) mass is 470 g/mol. The van der Waals surface area contributed by atoms with Crippen LogP contribution in [0.5, 0.6) is 5.75 Å². The van der Waals surface area contributed by atoms with Gasteiger partial charge in [-0.25, -0.2) is 4.79 Å². The smallest absolute Gasteiger partial charge is 0.317 e. The lowest BCUT2D eigenvalue weighted by atomic mass is 10.2. The molecular weight excluding hydrogens is 436 g/mol. The summed E-state index contributed by atoms with van der Waals surface area (Å²) in [7, 11) is -3.99. The van der Waals surface area contributed by atoms with Crippen molar-refractivity contribution in [2.24, 2.45) is 0 Å². The lowest BCUT2D eigenvalue weighted by Gasteiger charge is -2.36. The molecule has 27 heavy (non-hydrogen) atoms. The molecule has 0 amide bonds. The Labute approximate surface area is 175 Å². The molecule has 0 radical (unpaired) electrons. The highest BCUT2D eigenvalue weighted by molar-refractivity contribution is 9.10. The molecule has 0 saturated carbocycles. The van der Waals surface area contributed by atoms with Crippen LogP contribution in [0, 0.1) is 0 Å². The lowest BCUT2D eigenvalue weighted by Crippen LogP contribution is -2.43. The molecule has 0 heterocycles. The van der Waals surface area contributed by atoms with Gasteiger partial charge in [0.25, 0.3) is 16.6 Å². The number of benzene rings is 1. The van der Waals surface area contributed by atoms with Crippen LogP contribution < -0.4 is 4.43 Å². The van der Waals surface area contributed by atoms with E-state index in [1.165, 1.54) is 6.08 Å². The summed E-state index contributed by atoms with van der Waals surface area (Å²) in [6.07, 6.45) is 3.30. The molecular formula is C21H35BrO3Si2. The van der Waals surface area contributed by atoms with Crippen LogP contribution in [0.3, 0.4) is 0 Å². The second-order valence-corrected chi connectivity index (χ2v) is 20.4. The molecule has 0 saturated heterocycles. The molecule has 6 heteroatoms. The van der Waals surface area contributed by atoms with Crippen molar-refractivity contribution in [1.29, 1.82) is 0 Å². The van der Waals surface area contributed by atoms with E-state index in [1.807, 2.05) is 18.2 Å².